The van der Waals surface area contributed by atoms with Gasteiger partial charge in [-0.3, -0.25) is 0 Å². The van der Waals surface area contributed by atoms with Crippen molar-refractivity contribution < 1.29 is 4.42 Å². The standard InChI is InChI=1S/C42H26N4O/c1-2-10-28-24-29(19-16-25(28)8-1)40-44-41(46-42(45-40)39-38-34-12-5-6-15-35(34)47-36(38)22-23-43-39)33-14-7-13-32-31(33)21-20-27-18-17-26-9-3-4-11-30(26)37(27)32/h1-24,39,43H. The third-order valence-corrected chi connectivity index (χ3v) is 9.37. The van der Waals surface area contributed by atoms with Gasteiger partial charge in [0, 0.05) is 28.3 Å². The van der Waals surface area contributed by atoms with Gasteiger partial charge in [-0.15, -0.1) is 0 Å². The molecular weight excluding hydrogens is 576 g/mol. The third kappa shape index (κ3) is 4.07. The highest BCUT2D eigenvalue weighted by atomic mass is 16.3. The SMILES string of the molecule is C1=Cc2oc3ccccc3c2C(c2nc(-c3ccc4ccccc4c3)nc(-c3cccc4c3ccc3ccc5ccccc5c34)n2)N1. The fourth-order valence-corrected chi connectivity index (χ4v) is 7.17. The number of fused-ring (bicyclic) bond motifs is 9. The lowest BCUT2D eigenvalue weighted by Gasteiger charge is -2.21. The highest BCUT2D eigenvalue weighted by Crippen LogP contribution is 2.39. The molecule has 2 aromatic heterocycles. The second-order valence-corrected chi connectivity index (χ2v) is 12.1. The normalized spacial score (nSPS) is 14.3. The molecule has 5 nitrogen and oxygen atoms in total. The van der Waals surface area contributed by atoms with Crippen LogP contribution in [0.1, 0.15) is 23.2 Å². The Morgan fingerprint density at radius 2 is 1.26 bits per heavy atom. The molecule has 47 heavy (non-hydrogen) atoms. The topological polar surface area (TPSA) is 63.8 Å². The quantitative estimate of drug-likeness (QED) is 0.204. The van der Waals surface area contributed by atoms with Crippen molar-refractivity contribution in [3.63, 3.8) is 0 Å². The van der Waals surface area contributed by atoms with Crippen LogP contribution in [-0.2, 0) is 0 Å². The van der Waals surface area contributed by atoms with Gasteiger partial charge in [-0.2, -0.15) is 0 Å². The molecule has 0 amide bonds. The summed E-state index contributed by atoms with van der Waals surface area (Å²) in [6, 6.07) is 46.4. The van der Waals surface area contributed by atoms with Crippen LogP contribution in [0.3, 0.4) is 0 Å². The number of aromatic nitrogens is 3. The van der Waals surface area contributed by atoms with Crippen LogP contribution in [0, 0.1) is 0 Å². The summed E-state index contributed by atoms with van der Waals surface area (Å²) in [6.07, 6.45) is 3.89. The molecule has 220 valence electrons. The Kier molecular flexibility index (Phi) is 5.57. The van der Waals surface area contributed by atoms with E-state index < -0.39 is 0 Å². The summed E-state index contributed by atoms with van der Waals surface area (Å²) in [4.78, 5) is 15.6. The largest absolute Gasteiger partial charge is 0.456 e. The van der Waals surface area contributed by atoms with Crippen LogP contribution in [0.2, 0.25) is 0 Å². The van der Waals surface area contributed by atoms with E-state index in [0.29, 0.717) is 17.5 Å². The zero-order valence-corrected chi connectivity index (χ0v) is 25.2. The summed E-state index contributed by atoms with van der Waals surface area (Å²) >= 11 is 0. The monoisotopic (exact) mass is 602 g/mol. The minimum Gasteiger partial charge on any atom is -0.456 e. The lowest BCUT2D eigenvalue weighted by atomic mass is 9.94. The van der Waals surface area contributed by atoms with E-state index in [9.17, 15) is 0 Å². The zero-order chi connectivity index (χ0) is 30.9. The lowest BCUT2D eigenvalue weighted by molar-refractivity contribution is 0.574. The van der Waals surface area contributed by atoms with Crippen molar-refractivity contribution in [2.75, 3.05) is 0 Å². The first-order valence-corrected chi connectivity index (χ1v) is 15.8. The van der Waals surface area contributed by atoms with Crippen LogP contribution in [0.4, 0.5) is 0 Å². The highest BCUT2D eigenvalue weighted by Gasteiger charge is 2.28. The predicted molar refractivity (Wildman–Crippen MR) is 191 cm³/mol. The van der Waals surface area contributed by atoms with Gasteiger partial charge in [0.15, 0.2) is 17.5 Å². The van der Waals surface area contributed by atoms with Crippen LogP contribution in [-0.4, -0.2) is 15.0 Å². The van der Waals surface area contributed by atoms with Crippen LogP contribution in [0.5, 0.6) is 0 Å². The smallest absolute Gasteiger partial charge is 0.164 e. The molecule has 0 bridgehead atoms. The Labute approximate surface area is 269 Å². The van der Waals surface area contributed by atoms with Gasteiger partial charge in [0.05, 0.1) is 0 Å². The molecule has 10 rings (SSSR count). The van der Waals surface area contributed by atoms with E-state index in [2.05, 4.69) is 121 Å². The summed E-state index contributed by atoms with van der Waals surface area (Å²) < 4.78 is 6.26. The second-order valence-electron chi connectivity index (χ2n) is 12.1. The number of furan rings is 1. The highest BCUT2D eigenvalue weighted by molar-refractivity contribution is 6.22. The summed E-state index contributed by atoms with van der Waals surface area (Å²) in [5.41, 5.74) is 3.77. The first kappa shape index (κ1) is 25.9. The van der Waals surface area contributed by atoms with Gasteiger partial charge in [0.1, 0.15) is 17.4 Å². The van der Waals surface area contributed by atoms with Crippen molar-refractivity contribution in [2.45, 2.75) is 6.04 Å². The molecule has 3 heterocycles. The molecule has 0 saturated carbocycles. The fraction of sp³-hybridized carbons (Fsp3) is 0.0238. The Bertz CT molecular complexity index is 2740. The first-order valence-electron chi connectivity index (χ1n) is 15.8. The van der Waals surface area contributed by atoms with E-state index in [-0.39, 0.29) is 6.04 Å². The molecule has 1 atom stereocenters. The second kappa shape index (κ2) is 10.1. The first-order chi connectivity index (χ1) is 23.3. The average Bonchev–Trinajstić information content (AvgIpc) is 3.53. The molecule has 0 fully saturated rings. The predicted octanol–water partition coefficient (Wildman–Crippen LogP) is 10.2. The minimum atomic E-state index is -0.320. The van der Waals surface area contributed by atoms with Gasteiger partial charge in [0.2, 0.25) is 0 Å². The van der Waals surface area contributed by atoms with Gasteiger partial charge in [-0.25, -0.2) is 15.0 Å². The molecule has 7 aromatic carbocycles. The van der Waals surface area contributed by atoms with E-state index in [4.69, 9.17) is 19.4 Å². The molecule has 9 aromatic rings. The summed E-state index contributed by atoms with van der Waals surface area (Å²) in [7, 11) is 0. The van der Waals surface area contributed by atoms with Crippen molar-refractivity contribution in [1.29, 1.82) is 0 Å². The number of nitrogens with one attached hydrogen (secondary N) is 1. The van der Waals surface area contributed by atoms with Crippen molar-refractivity contribution >= 4 is 60.1 Å². The van der Waals surface area contributed by atoms with Gasteiger partial charge >= 0.3 is 0 Å². The molecule has 1 N–H and O–H groups in total. The van der Waals surface area contributed by atoms with Crippen molar-refractivity contribution in [3.05, 3.63) is 157 Å². The number of hydrogen-bond acceptors (Lipinski definition) is 5. The third-order valence-electron chi connectivity index (χ3n) is 9.37. The number of hydrogen-bond donors (Lipinski definition) is 1. The van der Waals surface area contributed by atoms with Gasteiger partial charge < -0.3 is 9.73 Å². The molecule has 0 aliphatic carbocycles. The summed E-state index contributed by atoms with van der Waals surface area (Å²) in [5, 5.41) is 14.1. The Morgan fingerprint density at radius 1 is 0.532 bits per heavy atom. The number of para-hydroxylation sites is 1. The molecule has 1 aliphatic rings. The van der Waals surface area contributed by atoms with Crippen molar-refractivity contribution in [2.24, 2.45) is 0 Å². The molecule has 1 aliphatic heterocycles. The zero-order valence-electron chi connectivity index (χ0n) is 25.2. The lowest BCUT2D eigenvalue weighted by Crippen LogP contribution is -2.23. The van der Waals surface area contributed by atoms with E-state index in [0.717, 1.165) is 44.2 Å². The van der Waals surface area contributed by atoms with E-state index in [1.807, 2.05) is 30.5 Å². The Morgan fingerprint density at radius 3 is 2.19 bits per heavy atom. The Hall–Kier alpha value is -6.33. The van der Waals surface area contributed by atoms with Crippen LogP contribution in [0.15, 0.2) is 144 Å². The van der Waals surface area contributed by atoms with E-state index >= 15 is 0 Å². The summed E-state index contributed by atoms with van der Waals surface area (Å²) in [5.74, 6) is 2.71. The van der Waals surface area contributed by atoms with E-state index in [1.54, 1.807) is 0 Å². The molecule has 1 unspecified atom stereocenters. The molecule has 5 heteroatoms. The van der Waals surface area contributed by atoms with Crippen LogP contribution in [0.25, 0.3) is 82.9 Å². The molecule has 0 saturated heterocycles. The maximum atomic E-state index is 6.26. The summed E-state index contributed by atoms with van der Waals surface area (Å²) in [6.45, 7) is 0. The van der Waals surface area contributed by atoms with Crippen LogP contribution < -0.4 is 5.32 Å². The number of nitrogens with zero attached hydrogens (tertiary/aromatic N) is 3. The maximum absolute atomic E-state index is 6.26. The van der Waals surface area contributed by atoms with Crippen molar-refractivity contribution in [1.82, 2.24) is 20.3 Å². The number of rotatable bonds is 3. The Balaban J connectivity index is 1.24. The molecular formula is C42H26N4O. The average molecular weight is 603 g/mol. The maximum Gasteiger partial charge on any atom is 0.164 e. The van der Waals surface area contributed by atoms with Crippen LogP contribution >= 0.6 is 0 Å². The van der Waals surface area contributed by atoms with Gasteiger partial charge in [0.25, 0.3) is 0 Å². The van der Waals surface area contributed by atoms with Gasteiger partial charge in [-0.05, 0) is 61.3 Å². The van der Waals surface area contributed by atoms with E-state index in [1.165, 1.54) is 32.3 Å². The minimum absolute atomic E-state index is 0.320. The fourth-order valence-electron chi connectivity index (χ4n) is 7.17. The number of benzene rings is 7. The molecule has 0 spiro atoms. The van der Waals surface area contributed by atoms with Crippen molar-refractivity contribution in [3.8, 4) is 22.8 Å². The van der Waals surface area contributed by atoms with Gasteiger partial charge in [-0.1, -0.05) is 121 Å². The molecule has 0 radical (unpaired) electrons.